The molecule has 1 aliphatic carbocycles. The summed E-state index contributed by atoms with van der Waals surface area (Å²) in [5.74, 6) is 0.451. The molecule has 3 rings (SSSR count). The lowest BCUT2D eigenvalue weighted by Crippen LogP contribution is -2.15. The molecule has 0 aliphatic heterocycles. The molecular weight excluding hydrogens is 264 g/mol. The number of hydrogen-bond donors (Lipinski definition) is 0. The van der Waals surface area contributed by atoms with E-state index in [-0.39, 0.29) is 5.41 Å². The van der Waals surface area contributed by atoms with Crippen LogP contribution in [0.1, 0.15) is 62.3 Å². The molecule has 0 saturated heterocycles. The first-order chi connectivity index (χ1) is 10.5. The monoisotopic (exact) mass is 290 g/mol. The number of rotatable bonds is 4. The molecule has 0 amide bonds. The summed E-state index contributed by atoms with van der Waals surface area (Å²) in [6.45, 7) is 13.1. The minimum absolute atomic E-state index is 0.101. The van der Waals surface area contributed by atoms with Crippen molar-refractivity contribution in [3.63, 3.8) is 0 Å². The molecular formula is C22H26. The molecule has 2 aromatic carbocycles. The number of allylic oxidation sites excluding steroid dienone is 1. The summed E-state index contributed by atoms with van der Waals surface area (Å²) in [6, 6.07) is 14.0. The van der Waals surface area contributed by atoms with Crippen LogP contribution in [0.25, 0.3) is 11.1 Å². The normalized spacial score (nSPS) is 16.0. The first-order valence-electron chi connectivity index (χ1n) is 8.43. The highest BCUT2D eigenvalue weighted by atomic mass is 14.4. The van der Waals surface area contributed by atoms with E-state index in [1.807, 2.05) is 0 Å². The maximum Gasteiger partial charge on any atom is 0.0158 e. The molecule has 0 heteroatoms. The van der Waals surface area contributed by atoms with Crippen molar-refractivity contribution in [3.8, 4) is 11.1 Å². The van der Waals surface area contributed by atoms with Gasteiger partial charge in [0.2, 0.25) is 0 Å². The smallest absolute Gasteiger partial charge is 0.0158 e. The highest BCUT2D eigenvalue weighted by Crippen LogP contribution is 2.49. The molecule has 0 nitrogen and oxygen atoms in total. The van der Waals surface area contributed by atoms with E-state index < -0.39 is 0 Å². The lowest BCUT2D eigenvalue weighted by Gasteiger charge is -2.22. The maximum absolute atomic E-state index is 4.00. The summed E-state index contributed by atoms with van der Waals surface area (Å²) < 4.78 is 0. The minimum atomic E-state index is 0.101. The third-order valence-electron chi connectivity index (χ3n) is 5.33. The molecule has 22 heavy (non-hydrogen) atoms. The Morgan fingerprint density at radius 1 is 1.00 bits per heavy atom. The number of benzene rings is 2. The third-order valence-corrected chi connectivity index (χ3v) is 5.33. The summed E-state index contributed by atoms with van der Waals surface area (Å²) in [7, 11) is 0. The molecule has 1 atom stereocenters. The van der Waals surface area contributed by atoms with Gasteiger partial charge in [0.25, 0.3) is 0 Å². The van der Waals surface area contributed by atoms with Crippen LogP contribution in [0.5, 0.6) is 0 Å². The zero-order chi connectivity index (χ0) is 15.9. The van der Waals surface area contributed by atoms with E-state index in [1.165, 1.54) is 33.4 Å². The third kappa shape index (κ3) is 2.13. The summed E-state index contributed by atoms with van der Waals surface area (Å²) >= 11 is 0. The zero-order valence-electron chi connectivity index (χ0n) is 14.2. The summed E-state index contributed by atoms with van der Waals surface area (Å²) in [5, 5.41) is 0. The van der Waals surface area contributed by atoms with Gasteiger partial charge in [-0.2, -0.15) is 0 Å². The molecule has 0 fully saturated rings. The maximum atomic E-state index is 4.00. The molecule has 1 aliphatic rings. The van der Waals surface area contributed by atoms with Gasteiger partial charge in [0.1, 0.15) is 0 Å². The Hall–Kier alpha value is -1.82. The Morgan fingerprint density at radius 3 is 2.41 bits per heavy atom. The van der Waals surface area contributed by atoms with E-state index in [9.17, 15) is 0 Å². The summed E-state index contributed by atoms with van der Waals surface area (Å²) in [5.41, 5.74) is 8.68. The standard InChI is InChI=1S/C22H26/c1-6-15-9-11-18-19-14-17(16(7-2)8-3)10-12-20(19)22(4,5)21(18)13-15/h7,9-14,16H,2,6,8H2,1,3-5H3. The largest absolute Gasteiger partial charge is 0.102 e. The number of fused-ring (bicyclic) bond motifs is 3. The second kappa shape index (κ2) is 5.43. The predicted molar refractivity (Wildman–Crippen MR) is 96.6 cm³/mol. The first-order valence-corrected chi connectivity index (χ1v) is 8.43. The van der Waals surface area contributed by atoms with Gasteiger partial charge in [0.15, 0.2) is 0 Å². The van der Waals surface area contributed by atoms with Crippen molar-refractivity contribution >= 4 is 0 Å². The molecule has 114 valence electrons. The van der Waals surface area contributed by atoms with Crippen LogP contribution in [0.2, 0.25) is 0 Å². The highest BCUT2D eigenvalue weighted by molar-refractivity contribution is 5.81. The molecule has 0 saturated carbocycles. The Labute approximate surface area is 134 Å². The van der Waals surface area contributed by atoms with Crippen LogP contribution in [0.3, 0.4) is 0 Å². The van der Waals surface area contributed by atoms with Crippen molar-refractivity contribution in [1.29, 1.82) is 0 Å². The fourth-order valence-corrected chi connectivity index (χ4v) is 3.81. The van der Waals surface area contributed by atoms with Gasteiger partial charge in [-0.3, -0.25) is 0 Å². The first kappa shape index (κ1) is 15.1. The van der Waals surface area contributed by atoms with Crippen molar-refractivity contribution < 1.29 is 0 Å². The zero-order valence-corrected chi connectivity index (χ0v) is 14.2. The van der Waals surface area contributed by atoms with E-state index in [4.69, 9.17) is 0 Å². The Balaban J connectivity index is 2.20. The van der Waals surface area contributed by atoms with Crippen LogP contribution >= 0.6 is 0 Å². The van der Waals surface area contributed by atoms with Crippen molar-refractivity contribution in [1.82, 2.24) is 0 Å². The van der Waals surface area contributed by atoms with Crippen LogP contribution in [-0.4, -0.2) is 0 Å². The molecule has 0 bridgehead atoms. The summed E-state index contributed by atoms with van der Waals surface area (Å²) in [6.07, 6.45) is 4.27. The second-order valence-electron chi connectivity index (χ2n) is 6.91. The fourth-order valence-electron chi connectivity index (χ4n) is 3.81. The molecule has 0 spiro atoms. The molecule has 2 aromatic rings. The van der Waals surface area contributed by atoms with Gasteiger partial charge in [-0.1, -0.05) is 70.2 Å². The SMILES string of the molecule is C=CC(CC)c1ccc2c(c1)-c1ccc(CC)cc1C2(C)C. The van der Waals surface area contributed by atoms with Gasteiger partial charge in [0, 0.05) is 11.3 Å². The van der Waals surface area contributed by atoms with Gasteiger partial charge in [0.05, 0.1) is 0 Å². The van der Waals surface area contributed by atoms with E-state index in [2.05, 4.69) is 76.7 Å². The van der Waals surface area contributed by atoms with E-state index in [1.54, 1.807) is 0 Å². The van der Waals surface area contributed by atoms with Crippen LogP contribution in [0, 0.1) is 0 Å². The van der Waals surface area contributed by atoms with Gasteiger partial charge >= 0.3 is 0 Å². The van der Waals surface area contributed by atoms with Crippen LogP contribution in [0.4, 0.5) is 0 Å². The Kier molecular flexibility index (Phi) is 3.72. The van der Waals surface area contributed by atoms with E-state index >= 15 is 0 Å². The van der Waals surface area contributed by atoms with Crippen LogP contribution < -0.4 is 0 Å². The molecule has 0 N–H and O–H groups in total. The number of hydrogen-bond acceptors (Lipinski definition) is 0. The van der Waals surface area contributed by atoms with Gasteiger partial charge in [-0.25, -0.2) is 0 Å². The number of aryl methyl sites for hydroxylation is 1. The quantitative estimate of drug-likeness (QED) is 0.585. The lowest BCUT2D eigenvalue weighted by molar-refractivity contribution is 0.658. The Bertz CT molecular complexity index is 719. The van der Waals surface area contributed by atoms with Crippen LogP contribution in [0.15, 0.2) is 49.1 Å². The van der Waals surface area contributed by atoms with Gasteiger partial charge in [-0.05, 0) is 46.2 Å². The van der Waals surface area contributed by atoms with Crippen LogP contribution in [-0.2, 0) is 11.8 Å². The summed E-state index contributed by atoms with van der Waals surface area (Å²) in [4.78, 5) is 0. The van der Waals surface area contributed by atoms with Crippen molar-refractivity contribution in [3.05, 3.63) is 71.3 Å². The molecule has 1 unspecified atom stereocenters. The predicted octanol–water partition coefficient (Wildman–Crippen LogP) is 6.23. The molecule has 0 heterocycles. The van der Waals surface area contributed by atoms with E-state index in [0.717, 1.165) is 12.8 Å². The highest BCUT2D eigenvalue weighted by Gasteiger charge is 2.35. The topological polar surface area (TPSA) is 0 Å². The average Bonchev–Trinajstić information content (AvgIpc) is 2.76. The van der Waals surface area contributed by atoms with Crippen molar-refractivity contribution in [2.75, 3.05) is 0 Å². The minimum Gasteiger partial charge on any atom is -0.102 e. The van der Waals surface area contributed by atoms with Gasteiger partial charge < -0.3 is 0 Å². The average molecular weight is 290 g/mol. The fraction of sp³-hybridized carbons (Fsp3) is 0.364. The van der Waals surface area contributed by atoms with Crippen molar-refractivity contribution in [2.45, 2.75) is 51.9 Å². The Morgan fingerprint density at radius 2 is 1.77 bits per heavy atom. The van der Waals surface area contributed by atoms with Crippen molar-refractivity contribution in [2.24, 2.45) is 0 Å². The molecule has 0 aromatic heterocycles. The van der Waals surface area contributed by atoms with Gasteiger partial charge in [-0.15, -0.1) is 6.58 Å². The lowest BCUT2D eigenvalue weighted by atomic mass is 9.81. The second-order valence-corrected chi connectivity index (χ2v) is 6.91. The van der Waals surface area contributed by atoms with E-state index in [0.29, 0.717) is 5.92 Å². The molecule has 0 radical (unpaired) electrons.